The second-order valence-electron chi connectivity index (χ2n) is 12.6. The molecule has 0 atom stereocenters. The topological polar surface area (TPSA) is 108 Å². The minimum Gasteiger partial charge on any atom is -0.481 e. The standard InChI is InChI=1S/C29H39N3O5/c33-26(34)12-18-1-5-25(6-2-18)37-28(36)32-8-7-22-13-24(4-3-23(22)17-32)30-27(35)31-29-14-19-9-20(15-29)11-21(10-19)16-29/h3-4,13,18-21,25H,1-2,5-12,14-17H2,(H,33,34)(H2,30,31,35)/t18-,19?,20?,21?,25-,29?. The van der Waals surface area contributed by atoms with E-state index in [-0.39, 0.29) is 36.1 Å². The summed E-state index contributed by atoms with van der Waals surface area (Å²) in [6.07, 6.45) is 11.0. The van der Waals surface area contributed by atoms with E-state index in [9.17, 15) is 14.4 Å². The molecule has 5 saturated carbocycles. The molecule has 3 amide bonds. The summed E-state index contributed by atoms with van der Waals surface area (Å²) in [7, 11) is 0. The molecule has 0 aromatic heterocycles. The van der Waals surface area contributed by atoms with Gasteiger partial charge < -0.3 is 25.4 Å². The normalized spacial score (nSPS) is 33.9. The van der Waals surface area contributed by atoms with Gasteiger partial charge in [-0.25, -0.2) is 9.59 Å². The summed E-state index contributed by atoms with van der Waals surface area (Å²) in [5.41, 5.74) is 3.03. The first-order chi connectivity index (χ1) is 17.8. The van der Waals surface area contributed by atoms with Gasteiger partial charge in [0, 0.05) is 30.7 Å². The number of amides is 3. The lowest BCUT2D eigenvalue weighted by molar-refractivity contribution is -0.138. The molecule has 200 valence electrons. The van der Waals surface area contributed by atoms with Crippen molar-refractivity contribution in [3.05, 3.63) is 29.3 Å². The Balaban J connectivity index is 0.998. The summed E-state index contributed by atoms with van der Waals surface area (Å²) in [5.74, 6) is 1.80. The van der Waals surface area contributed by atoms with Crippen molar-refractivity contribution < 1.29 is 24.2 Å². The van der Waals surface area contributed by atoms with Crippen molar-refractivity contribution in [1.82, 2.24) is 10.2 Å². The third kappa shape index (κ3) is 5.43. The molecule has 1 aromatic rings. The van der Waals surface area contributed by atoms with Crippen LogP contribution in [0.4, 0.5) is 15.3 Å². The summed E-state index contributed by atoms with van der Waals surface area (Å²) < 4.78 is 5.76. The van der Waals surface area contributed by atoms with Gasteiger partial charge in [0.2, 0.25) is 0 Å². The Kier molecular flexibility index (Phi) is 6.53. The predicted octanol–water partition coefficient (Wildman–Crippen LogP) is 5.31. The van der Waals surface area contributed by atoms with Gasteiger partial charge in [0.25, 0.3) is 0 Å². The fraction of sp³-hybridized carbons (Fsp3) is 0.690. The number of aliphatic carboxylic acids is 1. The fourth-order valence-corrected chi connectivity index (χ4v) is 8.37. The predicted molar refractivity (Wildman–Crippen MR) is 138 cm³/mol. The highest BCUT2D eigenvalue weighted by Gasteiger charge is 2.51. The molecule has 1 aromatic carbocycles. The average Bonchev–Trinajstić information content (AvgIpc) is 2.83. The number of carbonyl (C=O) groups excluding carboxylic acids is 2. The largest absolute Gasteiger partial charge is 0.481 e. The first kappa shape index (κ1) is 24.6. The summed E-state index contributed by atoms with van der Waals surface area (Å²) in [4.78, 5) is 38.4. The molecule has 5 aliphatic carbocycles. The smallest absolute Gasteiger partial charge is 0.410 e. The van der Waals surface area contributed by atoms with Crippen LogP contribution in [0.3, 0.4) is 0 Å². The van der Waals surface area contributed by atoms with Crippen molar-refractivity contribution in [2.45, 2.75) is 95.2 Å². The van der Waals surface area contributed by atoms with Crippen LogP contribution in [0.25, 0.3) is 0 Å². The fourth-order valence-electron chi connectivity index (χ4n) is 8.37. The third-order valence-corrected chi connectivity index (χ3v) is 9.68. The van der Waals surface area contributed by atoms with Crippen molar-refractivity contribution in [2.24, 2.45) is 23.7 Å². The van der Waals surface area contributed by atoms with E-state index in [1.165, 1.54) is 19.3 Å². The van der Waals surface area contributed by atoms with E-state index < -0.39 is 5.97 Å². The van der Waals surface area contributed by atoms with Crippen molar-refractivity contribution in [2.75, 3.05) is 11.9 Å². The summed E-state index contributed by atoms with van der Waals surface area (Å²) >= 11 is 0. The lowest BCUT2D eigenvalue weighted by atomic mass is 9.53. The third-order valence-electron chi connectivity index (χ3n) is 9.68. The van der Waals surface area contributed by atoms with E-state index >= 15 is 0 Å². The van der Waals surface area contributed by atoms with Gasteiger partial charge in [0.15, 0.2) is 0 Å². The Morgan fingerprint density at radius 1 is 0.973 bits per heavy atom. The Morgan fingerprint density at radius 2 is 1.65 bits per heavy atom. The van der Waals surface area contributed by atoms with Crippen LogP contribution in [0.5, 0.6) is 0 Å². The summed E-state index contributed by atoms with van der Waals surface area (Å²) in [6.45, 7) is 1.09. The van der Waals surface area contributed by atoms with Gasteiger partial charge in [-0.1, -0.05) is 6.07 Å². The van der Waals surface area contributed by atoms with Gasteiger partial charge in [0.1, 0.15) is 6.10 Å². The maximum atomic E-state index is 12.9. The molecule has 37 heavy (non-hydrogen) atoms. The molecule has 0 radical (unpaired) electrons. The van der Waals surface area contributed by atoms with Gasteiger partial charge >= 0.3 is 18.1 Å². The summed E-state index contributed by atoms with van der Waals surface area (Å²) in [6, 6.07) is 5.88. The number of hydrogen-bond donors (Lipinski definition) is 3. The van der Waals surface area contributed by atoms with Crippen LogP contribution in [0.15, 0.2) is 18.2 Å². The Bertz CT molecular complexity index is 1030. The number of nitrogens with one attached hydrogen (secondary N) is 2. The molecule has 0 saturated heterocycles. The second kappa shape index (κ2) is 9.84. The van der Waals surface area contributed by atoms with Crippen LogP contribution in [0, 0.1) is 23.7 Å². The quantitative estimate of drug-likeness (QED) is 0.499. The minimum atomic E-state index is -0.756. The lowest BCUT2D eigenvalue weighted by Crippen LogP contribution is -2.60. The monoisotopic (exact) mass is 509 g/mol. The number of rotatable bonds is 5. The number of carboxylic acids is 1. The van der Waals surface area contributed by atoms with E-state index in [1.54, 1.807) is 4.90 Å². The maximum absolute atomic E-state index is 12.9. The zero-order valence-corrected chi connectivity index (χ0v) is 21.5. The number of nitrogens with zero attached hydrogens (tertiary/aromatic N) is 1. The Morgan fingerprint density at radius 3 is 2.30 bits per heavy atom. The average molecular weight is 510 g/mol. The zero-order valence-electron chi connectivity index (χ0n) is 21.5. The van der Waals surface area contributed by atoms with Crippen molar-refractivity contribution >= 4 is 23.8 Å². The molecule has 5 fully saturated rings. The van der Waals surface area contributed by atoms with Gasteiger partial charge in [0.05, 0.1) is 0 Å². The van der Waals surface area contributed by atoms with E-state index in [0.29, 0.717) is 13.1 Å². The SMILES string of the molecule is O=C(O)C[C@H]1CC[C@H](OC(=O)N2CCc3cc(NC(=O)NC45CC6CC(CC(C6)C4)C5)ccc3C2)CC1. The van der Waals surface area contributed by atoms with Gasteiger partial charge in [-0.2, -0.15) is 0 Å². The molecule has 1 heterocycles. The van der Waals surface area contributed by atoms with E-state index in [4.69, 9.17) is 9.84 Å². The summed E-state index contributed by atoms with van der Waals surface area (Å²) in [5, 5.41) is 15.4. The Labute approximate surface area is 218 Å². The van der Waals surface area contributed by atoms with Crippen molar-refractivity contribution in [1.29, 1.82) is 0 Å². The number of fused-ring (bicyclic) bond motifs is 1. The molecule has 6 aliphatic rings. The van der Waals surface area contributed by atoms with E-state index in [1.807, 2.05) is 18.2 Å². The molecule has 0 unspecified atom stereocenters. The molecule has 0 spiro atoms. The lowest BCUT2D eigenvalue weighted by Gasteiger charge is -2.56. The molecular weight excluding hydrogens is 470 g/mol. The molecule has 4 bridgehead atoms. The van der Waals surface area contributed by atoms with E-state index in [0.717, 1.165) is 85.9 Å². The van der Waals surface area contributed by atoms with Gasteiger partial charge in [-0.3, -0.25) is 4.79 Å². The van der Waals surface area contributed by atoms with Crippen molar-refractivity contribution in [3.63, 3.8) is 0 Å². The number of benzene rings is 1. The number of carboxylic acid groups (broad SMARTS) is 1. The minimum absolute atomic E-state index is 0.0105. The molecule has 7 rings (SSSR count). The van der Waals surface area contributed by atoms with Crippen LogP contribution < -0.4 is 10.6 Å². The number of anilines is 1. The number of ether oxygens (including phenoxy) is 1. The Hall–Kier alpha value is -2.77. The molecule has 8 heteroatoms. The van der Waals surface area contributed by atoms with Crippen LogP contribution in [0.1, 0.15) is 81.8 Å². The highest BCUT2D eigenvalue weighted by Crippen LogP contribution is 2.55. The van der Waals surface area contributed by atoms with E-state index in [2.05, 4.69) is 10.6 Å². The highest BCUT2D eigenvalue weighted by atomic mass is 16.6. The molecule has 3 N–H and O–H groups in total. The molecule has 1 aliphatic heterocycles. The second-order valence-corrected chi connectivity index (χ2v) is 12.6. The number of hydrogen-bond acceptors (Lipinski definition) is 4. The van der Waals surface area contributed by atoms with Crippen LogP contribution in [-0.4, -0.2) is 46.3 Å². The number of urea groups is 1. The molecular formula is C29H39N3O5. The van der Waals surface area contributed by atoms with Crippen LogP contribution in [-0.2, 0) is 22.5 Å². The number of carbonyl (C=O) groups is 3. The van der Waals surface area contributed by atoms with Crippen LogP contribution in [0.2, 0.25) is 0 Å². The first-order valence-electron chi connectivity index (χ1n) is 14.2. The first-order valence-corrected chi connectivity index (χ1v) is 14.2. The maximum Gasteiger partial charge on any atom is 0.410 e. The molecule has 8 nitrogen and oxygen atoms in total. The van der Waals surface area contributed by atoms with Gasteiger partial charge in [-0.05, 0) is 118 Å². The zero-order chi connectivity index (χ0) is 25.6. The van der Waals surface area contributed by atoms with Crippen molar-refractivity contribution in [3.8, 4) is 0 Å². The van der Waals surface area contributed by atoms with Gasteiger partial charge in [-0.15, -0.1) is 0 Å². The highest BCUT2D eigenvalue weighted by molar-refractivity contribution is 5.90. The van der Waals surface area contributed by atoms with Crippen LogP contribution >= 0.6 is 0 Å².